The normalized spacial score (nSPS) is 14.6. The van der Waals surface area contributed by atoms with Crippen LogP contribution in [0.5, 0.6) is 5.75 Å². The standard InChI is InChI=1S/C21H16F6O2/c1-12-14(10-28)3-2-13-8-17(6-7-18(12)13)29-11-15-4-5-16(20(22,23)24)9-19(15)21(25,26)27/h4-10H,2-3,11H2,1H3. The van der Waals surface area contributed by atoms with Gasteiger partial charge in [0, 0.05) is 5.56 Å². The second kappa shape index (κ2) is 7.57. The lowest BCUT2D eigenvalue weighted by Crippen LogP contribution is -2.14. The maximum absolute atomic E-state index is 13.2. The SMILES string of the molecule is CC1=C(C=O)CCc2cc(OCc3ccc(C(F)(F)F)cc3C(F)(F)F)ccc21. The average molecular weight is 414 g/mol. The largest absolute Gasteiger partial charge is 0.489 e. The van der Waals surface area contributed by atoms with Crippen LogP contribution in [0, 0.1) is 0 Å². The zero-order valence-corrected chi connectivity index (χ0v) is 15.2. The molecule has 1 aliphatic carbocycles. The van der Waals surface area contributed by atoms with Crippen molar-refractivity contribution < 1.29 is 35.9 Å². The molecule has 0 fully saturated rings. The molecular weight excluding hydrogens is 398 g/mol. The number of halogens is 6. The van der Waals surface area contributed by atoms with Crippen LogP contribution in [0.25, 0.3) is 5.57 Å². The summed E-state index contributed by atoms with van der Waals surface area (Å²) in [5.41, 5.74) is 0.184. The lowest BCUT2D eigenvalue weighted by molar-refractivity contribution is -0.143. The molecule has 29 heavy (non-hydrogen) atoms. The molecule has 2 aromatic rings. The smallest absolute Gasteiger partial charge is 0.416 e. The molecule has 1 aliphatic rings. The van der Waals surface area contributed by atoms with Crippen molar-refractivity contribution in [1.29, 1.82) is 0 Å². The van der Waals surface area contributed by atoms with Crippen LogP contribution in [0.2, 0.25) is 0 Å². The van der Waals surface area contributed by atoms with Crippen molar-refractivity contribution in [2.45, 2.75) is 38.7 Å². The molecule has 0 amide bonds. The number of benzene rings is 2. The van der Waals surface area contributed by atoms with Gasteiger partial charge in [-0.1, -0.05) is 12.1 Å². The predicted octanol–water partition coefficient (Wildman–Crippen LogP) is 6.22. The molecule has 8 heteroatoms. The number of hydrogen-bond acceptors (Lipinski definition) is 2. The molecule has 154 valence electrons. The van der Waals surface area contributed by atoms with Gasteiger partial charge in [-0.3, -0.25) is 4.79 Å². The Morgan fingerprint density at radius 3 is 2.31 bits per heavy atom. The molecule has 0 atom stereocenters. The summed E-state index contributed by atoms with van der Waals surface area (Å²) in [7, 11) is 0. The third-order valence-corrected chi connectivity index (χ3v) is 4.91. The fourth-order valence-electron chi connectivity index (χ4n) is 3.31. The minimum Gasteiger partial charge on any atom is -0.489 e. The summed E-state index contributed by atoms with van der Waals surface area (Å²) in [5, 5.41) is 0. The Balaban J connectivity index is 1.85. The van der Waals surface area contributed by atoms with Crippen LogP contribution in [0.4, 0.5) is 26.3 Å². The maximum atomic E-state index is 13.2. The molecule has 0 heterocycles. The second-order valence-electron chi connectivity index (χ2n) is 6.74. The number of carbonyl (C=O) groups is 1. The zero-order chi connectivity index (χ0) is 21.4. The van der Waals surface area contributed by atoms with Gasteiger partial charge in [-0.2, -0.15) is 26.3 Å². The van der Waals surface area contributed by atoms with E-state index < -0.39 is 30.1 Å². The summed E-state index contributed by atoms with van der Waals surface area (Å²) in [6.07, 6.45) is -7.85. The number of fused-ring (bicyclic) bond motifs is 1. The number of aryl methyl sites for hydroxylation is 1. The van der Waals surface area contributed by atoms with Crippen molar-refractivity contribution >= 4 is 11.9 Å². The Morgan fingerprint density at radius 1 is 0.966 bits per heavy atom. The Kier molecular flexibility index (Phi) is 5.47. The van der Waals surface area contributed by atoms with Crippen molar-refractivity contribution in [3.8, 4) is 5.75 Å². The summed E-state index contributed by atoms with van der Waals surface area (Å²) >= 11 is 0. The third kappa shape index (κ3) is 4.46. The molecular formula is C21H16F6O2. The summed E-state index contributed by atoms with van der Waals surface area (Å²) in [4.78, 5) is 11.1. The molecule has 0 aromatic heterocycles. The van der Waals surface area contributed by atoms with E-state index in [0.29, 0.717) is 30.2 Å². The average Bonchev–Trinajstić information content (AvgIpc) is 2.65. The molecule has 3 rings (SSSR count). The van der Waals surface area contributed by atoms with Crippen molar-refractivity contribution in [2.75, 3.05) is 0 Å². The van der Waals surface area contributed by atoms with Gasteiger partial charge < -0.3 is 4.74 Å². The van der Waals surface area contributed by atoms with Gasteiger partial charge in [0.25, 0.3) is 0 Å². The van der Waals surface area contributed by atoms with Gasteiger partial charge in [0.15, 0.2) is 0 Å². The first-order valence-corrected chi connectivity index (χ1v) is 8.69. The minimum atomic E-state index is -4.94. The molecule has 0 spiro atoms. The van der Waals surface area contributed by atoms with Crippen molar-refractivity contribution in [3.63, 3.8) is 0 Å². The minimum absolute atomic E-state index is 0.0979. The number of carbonyl (C=O) groups excluding carboxylic acids is 1. The van der Waals surface area contributed by atoms with Crippen LogP contribution in [-0.4, -0.2) is 6.29 Å². The van der Waals surface area contributed by atoms with Gasteiger partial charge in [-0.25, -0.2) is 0 Å². The second-order valence-corrected chi connectivity index (χ2v) is 6.74. The van der Waals surface area contributed by atoms with E-state index in [1.807, 2.05) is 6.92 Å². The van der Waals surface area contributed by atoms with Crippen molar-refractivity contribution in [2.24, 2.45) is 0 Å². The van der Waals surface area contributed by atoms with E-state index in [-0.39, 0.29) is 11.6 Å². The molecule has 0 bridgehead atoms. The number of hydrogen-bond donors (Lipinski definition) is 0. The van der Waals surface area contributed by atoms with E-state index in [4.69, 9.17) is 4.74 Å². The molecule has 0 saturated heterocycles. The monoisotopic (exact) mass is 414 g/mol. The van der Waals surface area contributed by atoms with Crippen LogP contribution in [0.3, 0.4) is 0 Å². The molecule has 0 unspecified atom stereocenters. The van der Waals surface area contributed by atoms with Gasteiger partial charge in [0.2, 0.25) is 0 Å². The van der Waals surface area contributed by atoms with Crippen molar-refractivity contribution in [3.05, 3.63) is 69.8 Å². The van der Waals surface area contributed by atoms with Gasteiger partial charge in [0.05, 0.1) is 11.1 Å². The van der Waals surface area contributed by atoms with Crippen LogP contribution in [0.15, 0.2) is 42.0 Å². The number of ether oxygens (including phenoxy) is 1. The van der Waals surface area contributed by atoms with Crippen LogP contribution < -0.4 is 4.74 Å². The Bertz CT molecular complexity index is 970. The van der Waals surface area contributed by atoms with Gasteiger partial charge >= 0.3 is 12.4 Å². The fraction of sp³-hybridized carbons (Fsp3) is 0.286. The zero-order valence-electron chi connectivity index (χ0n) is 15.2. The van der Waals surface area contributed by atoms with Crippen molar-refractivity contribution in [1.82, 2.24) is 0 Å². The number of alkyl halides is 6. The van der Waals surface area contributed by atoms with E-state index in [0.717, 1.165) is 29.1 Å². The highest BCUT2D eigenvalue weighted by Crippen LogP contribution is 2.38. The maximum Gasteiger partial charge on any atom is 0.416 e. The van der Waals surface area contributed by atoms with Crippen LogP contribution in [-0.2, 0) is 30.2 Å². The van der Waals surface area contributed by atoms with Gasteiger partial charge in [-0.15, -0.1) is 0 Å². The number of aldehydes is 1. The lowest BCUT2D eigenvalue weighted by Gasteiger charge is -2.20. The predicted molar refractivity (Wildman–Crippen MR) is 94.2 cm³/mol. The molecule has 0 aliphatic heterocycles. The highest BCUT2D eigenvalue weighted by molar-refractivity contribution is 5.89. The molecule has 0 radical (unpaired) electrons. The number of rotatable bonds is 4. The molecule has 2 aromatic carbocycles. The topological polar surface area (TPSA) is 26.3 Å². The first-order chi connectivity index (χ1) is 13.5. The van der Waals surface area contributed by atoms with E-state index in [9.17, 15) is 31.1 Å². The molecule has 0 N–H and O–H groups in total. The van der Waals surface area contributed by atoms with Gasteiger partial charge in [0.1, 0.15) is 18.6 Å². The first kappa shape index (κ1) is 21.0. The van der Waals surface area contributed by atoms with E-state index in [2.05, 4.69) is 0 Å². The van der Waals surface area contributed by atoms with Crippen LogP contribution >= 0.6 is 0 Å². The summed E-state index contributed by atoms with van der Waals surface area (Å²) in [6, 6.07) is 6.45. The highest BCUT2D eigenvalue weighted by atomic mass is 19.4. The summed E-state index contributed by atoms with van der Waals surface area (Å²) < 4.78 is 83.4. The van der Waals surface area contributed by atoms with Gasteiger partial charge in [-0.05, 0) is 66.3 Å². The number of allylic oxidation sites excluding steroid dienone is 2. The van der Waals surface area contributed by atoms with E-state index in [1.165, 1.54) is 0 Å². The van der Waals surface area contributed by atoms with E-state index >= 15 is 0 Å². The fourth-order valence-corrected chi connectivity index (χ4v) is 3.31. The highest BCUT2D eigenvalue weighted by Gasteiger charge is 2.38. The summed E-state index contributed by atoms with van der Waals surface area (Å²) in [5.74, 6) is 0.305. The molecule has 0 saturated carbocycles. The summed E-state index contributed by atoms with van der Waals surface area (Å²) in [6.45, 7) is 1.29. The van der Waals surface area contributed by atoms with E-state index in [1.54, 1.807) is 18.2 Å². The lowest BCUT2D eigenvalue weighted by atomic mass is 9.87. The molecule has 2 nitrogen and oxygen atoms in total. The van der Waals surface area contributed by atoms with Crippen LogP contribution in [0.1, 0.15) is 41.2 Å². The quantitative estimate of drug-likeness (QED) is 0.439. The third-order valence-electron chi connectivity index (χ3n) is 4.91. The first-order valence-electron chi connectivity index (χ1n) is 8.69. The Morgan fingerprint density at radius 2 is 1.69 bits per heavy atom. The Hall–Kier alpha value is -2.77. The Labute approximate surface area is 162 Å².